The Morgan fingerprint density at radius 2 is 0.957 bits per heavy atom. The molecule has 0 aromatic carbocycles. The fraction of sp³-hybridized carbons (Fsp3) is 1.00. The third-order valence-corrected chi connectivity index (χ3v) is 3.95. The summed E-state index contributed by atoms with van der Waals surface area (Å²) >= 11 is 0.387. The van der Waals surface area contributed by atoms with Gasteiger partial charge in [0, 0.05) is 6.42 Å². The van der Waals surface area contributed by atoms with E-state index in [2.05, 4.69) is 0 Å². The third-order valence-electron chi connectivity index (χ3n) is 2.74. The van der Waals surface area contributed by atoms with Crippen molar-refractivity contribution in [3.8, 4) is 0 Å². The molecule has 0 bridgehead atoms. The molecule has 0 aliphatic carbocycles. The molecule has 23 heavy (non-hydrogen) atoms. The van der Waals surface area contributed by atoms with E-state index >= 15 is 0 Å². The van der Waals surface area contributed by atoms with Gasteiger partial charge in [-0.05, 0) is 6.42 Å². The van der Waals surface area contributed by atoms with Gasteiger partial charge in [0.2, 0.25) is 0 Å². The summed E-state index contributed by atoms with van der Waals surface area (Å²) in [5.74, 6) is -3.79. The first kappa shape index (κ1) is 22.8. The van der Waals surface area contributed by atoms with Crippen molar-refractivity contribution >= 4 is 22.6 Å². The molecule has 0 heterocycles. The van der Waals surface area contributed by atoms with E-state index in [0.29, 0.717) is 22.6 Å². The monoisotopic (exact) mass is 488 g/mol. The first-order chi connectivity index (χ1) is 9.73. The van der Waals surface area contributed by atoms with Crippen LogP contribution in [0.25, 0.3) is 0 Å². The lowest BCUT2D eigenvalue weighted by atomic mass is 9.87. The molecule has 0 spiro atoms. The van der Waals surface area contributed by atoms with Crippen molar-refractivity contribution in [3.05, 3.63) is 0 Å². The second-order valence-electron chi connectivity index (χ2n) is 4.48. The van der Waals surface area contributed by atoms with E-state index in [1.165, 1.54) is 0 Å². The van der Waals surface area contributed by atoms with E-state index in [1.54, 1.807) is 0 Å². The van der Waals surface area contributed by atoms with Gasteiger partial charge in [0.15, 0.2) is 0 Å². The molecule has 0 saturated carbocycles. The Bertz CT molecular complexity index is 372. The zero-order valence-electron chi connectivity index (χ0n) is 10.4. The Hall–Kier alpha value is -0.180. The molecule has 0 fully saturated rings. The number of hydrogen-bond donors (Lipinski definition) is 0. The van der Waals surface area contributed by atoms with Crippen molar-refractivity contribution in [2.45, 2.75) is 47.1 Å². The standard InChI is InChI=1S/C9H6F13I/c10-5(8(17,18)19,9(20,21)22)2-3(6(11,12)13)1-4(23)7(14,15)16/h3-4H,1-2H2. The second-order valence-corrected chi connectivity index (χ2v) is 5.99. The normalized spacial score (nSPS) is 18.0. The molecule has 0 radical (unpaired) electrons. The smallest absolute Gasteiger partial charge is 0.224 e. The summed E-state index contributed by atoms with van der Waals surface area (Å²) in [5, 5.41) is 0. The lowest BCUT2D eigenvalue weighted by Gasteiger charge is -2.34. The minimum absolute atomic E-state index is 0.387. The van der Waals surface area contributed by atoms with Crippen molar-refractivity contribution in [2.24, 2.45) is 5.92 Å². The first-order valence-electron chi connectivity index (χ1n) is 5.33. The average Bonchev–Trinajstić information content (AvgIpc) is 2.21. The van der Waals surface area contributed by atoms with Crippen LogP contribution < -0.4 is 0 Å². The molecule has 0 amide bonds. The highest BCUT2D eigenvalue weighted by Gasteiger charge is 2.74. The molecule has 2 unspecified atom stereocenters. The largest absolute Gasteiger partial charge is 0.431 e. The maximum absolute atomic E-state index is 13.3. The van der Waals surface area contributed by atoms with Crippen LogP contribution in [0.3, 0.4) is 0 Å². The van der Waals surface area contributed by atoms with E-state index < -0.39 is 53.1 Å². The molecule has 0 aliphatic heterocycles. The van der Waals surface area contributed by atoms with Crippen LogP contribution in [0, 0.1) is 5.92 Å². The molecule has 0 aromatic rings. The van der Waals surface area contributed by atoms with Gasteiger partial charge in [-0.3, -0.25) is 0 Å². The maximum atomic E-state index is 13.3. The fourth-order valence-electron chi connectivity index (χ4n) is 1.45. The van der Waals surface area contributed by atoms with Crippen LogP contribution >= 0.6 is 22.6 Å². The Labute approximate surface area is 133 Å². The summed E-state index contributed by atoms with van der Waals surface area (Å²) in [5.41, 5.74) is -6.28. The minimum Gasteiger partial charge on any atom is -0.224 e. The molecule has 2 atom stereocenters. The summed E-state index contributed by atoms with van der Waals surface area (Å²) in [4.78, 5) is 0. The molecule has 0 nitrogen and oxygen atoms in total. The van der Waals surface area contributed by atoms with E-state index in [-0.39, 0.29) is 0 Å². The Balaban J connectivity index is 5.70. The number of alkyl halides is 14. The zero-order valence-corrected chi connectivity index (χ0v) is 12.5. The third kappa shape index (κ3) is 5.69. The summed E-state index contributed by atoms with van der Waals surface area (Å²) in [6, 6.07) is 0. The lowest BCUT2D eigenvalue weighted by molar-refractivity contribution is -0.352. The van der Waals surface area contributed by atoms with Crippen molar-refractivity contribution in [1.82, 2.24) is 0 Å². The Morgan fingerprint density at radius 1 is 0.609 bits per heavy atom. The predicted molar refractivity (Wildman–Crippen MR) is 58.6 cm³/mol. The number of halogens is 14. The molecule has 0 aliphatic rings. The summed E-state index contributed by atoms with van der Waals surface area (Å²) < 4.78 is 158. The Morgan fingerprint density at radius 3 is 1.17 bits per heavy atom. The van der Waals surface area contributed by atoms with Gasteiger partial charge in [-0.15, -0.1) is 0 Å². The maximum Gasteiger partial charge on any atom is 0.431 e. The number of rotatable bonds is 4. The van der Waals surface area contributed by atoms with E-state index in [0.717, 1.165) is 0 Å². The van der Waals surface area contributed by atoms with Crippen LogP contribution in [0.5, 0.6) is 0 Å². The van der Waals surface area contributed by atoms with Crippen molar-refractivity contribution in [2.75, 3.05) is 0 Å². The van der Waals surface area contributed by atoms with E-state index in [1.807, 2.05) is 0 Å². The average molecular weight is 488 g/mol. The van der Waals surface area contributed by atoms with Gasteiger partial charge in [0.25, 0.3) is 5.67 Å². The molecule has 0 aromatic heterocycles. The molecule has 0 saturated heterocycles. The van der Waals surface area contributed by atoms with Crippen LogP contribution in [-0.2, 0) is 0 Å². The molecular weight excluding hydrogens is 482 g/mol. The highest BCUT2D eigenvalue weighted by molar-refractivity contribution is 14.1. The topological polar surface area (TPSA) is 0 Å². The summed E-state index contributed by atoms with van der Waals surface area (Å²) in [7, 11) is 0. The van der Waals surface area contributed by atoms with Crippen LogP contribution in [0.15, 0.2) is 0 Å². The van der Waals surface area contributed by atoms with E-state index in [9.17, 15) is 57.1 Å². The van der Waals surface area contributed by atoms with Crippen LogP contribution in [0.1, 0.15) is 12.8 Å². The van der Waals surface area contributed by atoms with Gasteiger partial charge in [0.1, 0.15) is 3.92 Å². The Kier molecular flexibility index (Phi) is 6.56. The van der Waals surface area contributed by atoms with Crippen molar-refractivity contribution in [1.29, 1.82) is 0 Å². The molecule has 0 N–H and O–H groups in total. The zero-order chi connectivity index (χ0) is 19.1. The van der Waals surface area contributed by atoms with Gasteiger partial charge in [-0.2, -0.15) is 52.7 Å². The molecule has 0 rings (SSSR count). The quantitative estimate of drug-likeness (QED) is 0.254. The first-order valence-corrected chi connectivity index (χ1v) is 6.58. The van der Waals surface area contributed by atoms with Gasteiger partial charge in [-0.25, -0.2) is 4.39 Å². The number of hydrogen-bond acceptors (Lipinski definition) is 0. The van der Waals surface area contributed by atoms with Gasteiger partial charge < -0.3 is 0 Å². The summed E-state index contributed by atoms with van der Waals surface area (Å²) in [6.07, 6.45) is -30.1. The van der Waals surface area contributed by atoms with Crippen LogP contribution in [0.4, 0.5) is 57.1 Å². The second kappa shape index (κ2) is 6.61. The van der Waals surface area contributed by atoms with Gasteiger partial charge >= 0.3 is 24.7 Å². The molecular formula is C9H6F13I. The lowest BCUT2D eigenvalue weighted by Crippen LogP contribution is -2.55. The van der Waals surface area contributed by atoms with Gasteiger partial charge in [-0.1, -0.05) is 22.6 Å². The van der Waals surface area contributed by atoms with Crippen LogP contribution in [0.2, 0.25) is 0 Å². The fourth-order valence-corrected chi connectivity index (χ4v) is 2.06. The van der Waals surface area contributed by atoms with Gasteiger partial charge in [0.05, 0.1) is 5.92 Å². The van der Waals surface area contributed by atoms with E-state index in [4.69, 9.17) is 0 Å². The minimum atomic E-state index is -6.77. The molecule has 14 heteroatoms. The SMILES string of the molecule is FC(F)(F)C(I)CC(CC(F)(C(F)(F)F)C(F)(F)F)C(F)(F)F. The summed E-state index contributed by atoms with van der Waals surface area (Å²) in [6.45, 7) is 0. The van der Waals surface area contributed by atoms with Crippen molar-refractivity contribution in [3.63, 3.8) is 0 Å². The highest BCUT2D eigenvalue weighted by atomic mass is 127. The predicted octanol–water partition coefficient (Wildman–Crippen LogP) is 6.14. The van der Waals surface area contributed by atoms with Crippen LogP contribution in [-0.4, -0.2) is 34.3 Å². The highest BCUT2D eigenvalue weighted by Crippen LogP contribution is 2.53. The van der Waals surface area contributed by atoms with Crippen molar-refractivity contribution < 1.29 is 57.1 Å². The molecule has 140 valence electrons.